The van der Waals surface area contributed by atoms with Crippen LogP contribution in [0, 0.1) is 0 Å². The third-order valence-electron chi connectivity index (χ3n) is 6.61. The summed E-state index contributed by atoms with van der Waals surface area (Å²) in [5.41, 5.74) is 3.51. The minimum absolute atomic E-state index is 0.670. The van der Waals surface area contributed by atoms with Crippen LogP contribution in [0.25, 0.3) is 20.9 Å². The number of thiophene rings is 2. The molecule has 0 saturated carbocycles. The number of azo groups is 1. The fraction of sp³-hybridized carbons (Fsp3) is 0. The van der Waals surface area contributed by atoms with Crippen molar-refractivity contribution in [1.29, 1.82) is 0 Å². The van der Waals surface area contributed by atoms with E-state index < -0.39 is 13.9 Å². The van der Waals surface area contributed by atoms with Crippen molar-refractivity contribution < 1.29 is 7.53 Å². The normalized spacial score (nSPS) is 13.6. The molecule has 2 aromatic heterocycles. The van der Waals surface area contributed by atoms with Crippen molar-refractivity contribution in [3.05, 3.63) is 132 Å². The standard InChI is InChI=1S/C32H22GeN2O2S2/c1-3-9-25(10-4-1)33(26-11-5-2-6-12-26)36-29-21-23(31-13-7-19-38-31)15-17-27(29)34-35-28-18-16-24(22-30(28)37-33)32-14-8-20-39-32/h1-22H/q-1. The van der Waals surface area contributed by atoms with Crippen molar-refractivity contribution in [1.82, 2.24) is 0 Å². The first-order valence-corrected chi connectivity index (χ1v) is 18.1. The van der Waals surface area contributed by atoms with Crippen molar-refractivity contribution in [3.8, 4) is 32.4 Å². The van der Waals surface area contributed by atoms with Crippen LogP contribution in [0.3, 0.4) is 0 Å². The number of hydrogen-bond acceptors (Lipinski definition) is 6. The second-order valence-electron chi connectivity index (χ2n) is 9.07. The van der Waals surface area contributed by atoms with E-state index in [-0.39, 0.29) is 0 Å². The van der Waals surface area contributed by atoms with Gasteiger partial charge in [0, 0.05) is 0 Å². The third kappa shape index (κ3) is 4.61. The van der Waals surface area contributed by atoms with E-state index in [9.17, 15) is 0 Å². The van der Waals surface area contributed by atoms with Crippen LogP contribution in [-0.2, 0) is 0 Å². The van der Waals surface area contributed by atoms with E-state index in [1.807, 2.05) is 48.5 Å². The van der Waals surface area contributed by atoms with Crippen LogP contribution in [0.15, 0.2) is 142 Å². The molecule has 1 aliphatic rings. The van der Waals surface area contributed by atoms with E-state index in [1.165, 1.54) is 9.75 Å². The summed E-state index contributed by atoms with van der Waals surface area (Å²) < 4.78 is 16.5. The summed E-state index contributed by atoms with van der Waals surface area (Å²) in [4.78, 5) is 2.33. The van der Waals surface area contributed by atoms with E-state index in [1.54, 1.807) is 22.7 Å². The second kappa shape index (κ2) is 10.3. The Hall–Kier alpha value is -3.98. The van der Waals surface area contributed by atoms with Crippen LogP contribution >= 0.6 is 22.7 Å². The molecule has 0 fully saturated rings. The molecule has 0 amide bonds. The zero-order chi connectivity index (χ0) is 26.1. The Morgan fingerprint density at radius 3 is 1.36 bits per heavy atom. The van der Waals surface area contributed by atoms with Gasteiger partial charge in [-0.1, -0.05) is 0 Å². The van der Waals surface area contributed by atoms with Crippen LogP contribution in [0.1, 0.15) is 0 Å². The molecule has 7 rings (SSSR count). The molecule has 7 heteroatoms. The van der Waals surface area contributed by atoms with Crippen molar-refractivity contribution >= 4 is 56.8 Å². The predicted molar refractivity (Wildman–Crippen MR) is 163 cm³/mol. The van der Waals surface area contributed by atoms with Crippen molar-refractivity contribution in [2.75, 3.05) is 0 Å². The van der Waals surface area contributed by atoms with Crippen LogP contribution < -0.4 is 16.3 Å². The number of hydrogen-bond donors (Lipinski definition) is 0. The zero-order valence-corrected chi connectivity index (χ0v) is 24.5. The topological polar surface area (TPSA) is 43.2 Å². The van der Waals surface area contributed by atoms with Crippen molar-refractivity contribution in [2.45, 2.75) is 0 Å². The van der Waals surface area contributed by atoms with Crippen LogP contribution in [-0.4, -0.2) is 13.9 Å². The summed E-state index contributed by atoms with van der Waals surface area (Å²) in [6.07, 6.45) is 0. The molecule has 189 valence electrons. The Balaban J connectivity index is 1.49. The molecular weight excluding hydrogens is 581 g/mol. The predicted octanol–water partition coefficient (Wildman–Crippen LogP) is 8.59. The van der Waals surface area contributed by atoms with Gasteiger partial charge in [0.15, 0.2) is 0 Å². The molecule has 6 aromatic rings. The van der Waals surface area contributed by atoms with E-state index >= 15 is 0 Å². The molecule has 0 saturated heterocycles. The zero-order valence-electron chi connectivity index (χ0n) is 20.7. The molecule has 0 spiro atoms. The molecule has 0 bridgehead atoms. The Bertz CT molecular complexity index is 1620. The monoisotopic (exact) mass is 604 g/mol. The minimum atomic E-state index is -4.11. The summed E-state index contributed by atoms with van der Waals surface area (Å²) in [5, 5.41) is 13.5. The van der Waals surface area contributed by atoms with Gasteiger partial charge in [0.25, 0.3) is 0 Å². The van der Waals surface area contributed by atoms with Gasteiger partial charge in [-0.25, -0.2) is 0 Å². The van der Waals surface area contributed by atoms with Crippen molar-refractivity contribution in [2.24, 2.45) is 10.2 Å². The Morgan fingerprint density at radius 2 is 0.949 bits per heavy atom. The maximum absolute atomic E-state index is 7.22. The first kappa shape index (κ1) is 24.1. The Labute approximate surface area is 237 Å². The Morgan fingerprint density at radius 1 is 0.487 bits per heavy atom. The second-order valence-corrected chi connectivity index (χ2v) is 16.8. The van der Waals surface area contributed by atoms with Gasteiger partial charge in [-0.15, -0.1) is 0 Å². The Kier molecular flexibility index (Phi) is 6.36. The fourth-order valence-electron chi connectivity index (χ4n) is 4.70. The van der Waals surface area contributed by atoms with Crippen molar-refractivity contribution in [3.63, 3.8) is 0 Å². The third-order valence-corrected chi connectivity index (χ3v) is 15.2. The molecule has 3 heterocycles. The molecule has 0 atom stereocenters. The summed E-state index contributed by atoms with van der Waals surface area (Å²) in [5.74, 6) is 1.34. The molecule has 1 aliphatic heterocycles. The molecule has 39 heavy (non-hydrogen) atoms. The van der Waals surface area contributed by atoms with Gasteiger partial charge in [-0.2, -0.15) is 0 Å². The molecule has 0 unspecified atom stereocenters. The molecular formula is C32H22GeN2O2S2-. The molecule has 4 aromatic carbocycles. The fourth-order valence-corrected chi connectivity index (χ4v) is 12.6. The van der Waals surface area contributed by atoms with Gasteiger partial charge in [-0.3, -0.25) is 0 Å². The molecule has 0 aliphatic carbocycles. The number of rotatable bonds is 4. The van der Waals surface area contributed by atoms with Gasteiger partial charge >= 0.3 is 239 Å². The van der Waals surface area contributed by atoms with Crippen LogP contribution in [0.4, 0.5) is 11.4 Å². The van der Waals surface area contributed by atoms with Gasteiger partial charge in [-0.05, 0) is 0 Å². The SMILES string of the molecule is c1cc[c]([Ge-]2([c]3ccccc3)[O]c3cc(-c4cccs4)ccc3N=Nc3ccc(-c4cccs4)cc3[O]2)cc1. The average Bonchev–Trinajstić information content (AvgIpc) is 3.73. The first-order chi connectivity index (χ1) is 19.3. The average molecular weight is 603 g/mol. The molecule has 4 nitrogen and oxygen atoms in total. The molecule has 0 radical (unpaired) electrons. The van der Waals surface area contributed by atoms with Gasteiger partial charge < -0.3 is 0 Å². The van der Waals surface area contributed by atoms with E-state index in [2.05, 4.69) is 93.8 Å². The number of fused-ring (bicyclic) bond motifs is 2. The molecule has 0 N–H and O–H groups in total. The van der Waals surface area contributed by atoms with E-state index in [4.69, 9.17) is 7.53 Å². The summed E-state index contributed by atoms with van der Waals surface area (Å²) >= 11 is -0.712. The van der Waals surface area contributed by atoms with Gasteiger partial charge in [0.05, 0.1) is 0 Å². The summed E-state index contributed by atoms with van der Waals surface area (Å²) in [6, 6.07) is 41.3. The number of nitrogens with zero attached hydrogens (tertiary/aromatic N) is 2. The first-order valence-electron chi connectivity index (χ1n) is 12.6. The number of benzene rings is 4. The quantitative estimate of drug-likeness (QED) is 0.190. The van der Waals surface area contributed by atoms with Crippen LogP contribution in [0.5, 0.6) is 11.5 Å². The summed E-state index contributed by atoms with van der Waals surface area (Å²) in [6.45, 7) is 0. The van der Waals surface area contributed by atoms with E-state index in [0.717, 1.165) is 19.9 Å². The van der Waals surface area contributed by atoms with Gasteiger partial charge in [0.2, 0.25) is 0 Å². The van der Waals surface area contributed by atoms with Gasteiger partial charge in [0.1, 0.15) is 0 Å². The maximum atomic E-state index is 7.22. The summed E-state index contributed by atoms with van der Waals surface area (Å²) in [7, 11) is 0. The van der Waals surface area contributed by atoms with Crippen LogP contribution in [0.2, 0.25) is 0 Å². The van der Waals surface area contributed by atoms with E-state index in [0.29, 0.717) is 22.9 Å².